The van der Waals surface area contributed by atoms with E-state index in [4.69, 9.17) is 5.73 Å². The Kier molecular flexibility index (Phi) is 4.64. The van der Waals surface area contributed by atoms with Crippen LogP contribution in [-0.4, -0.2) is 6.04 Å². The molecule has 1 heteroatoms. The fourth-order valence-electron chi connectivity index (χ4n) is 2.47. The molecule has 0 saturated heterocycles. The zero-order valence-electron chi connectivity index (χ0n) is 11.1. The lowest BCUT2D eigenvalue weighted by atomic mass is 9.78. The maximum Gasteiger partial charge on any atom is 0.00877 e. The zero-order valence-corrected chi connectivity index (χ0v) is 11.1. The predicted octanol–water partition coefficient (Wildman–Crippen LogP) is 3.97. The summed E-state index contributed by atoms with van der Waals surface area (Å²) in [4.78, 5) is 0. The second kappa shape index (κ2) is 5.34. The number of nitrogens with two attached hydrogens (primary N) is 1. The first-order chi connectivity index (χ1) is 6.89. The summed E-state index contributed by atoms with van der Waals surface area (Å²) in [5, 5.41) is 0. The second-order valence-corrected chi connectivity index (χ2v) is 6.68. The third kappa shape index (κ3) is 4.55. The summed E-state index contributed by atoms with van der Waals surface area (Å²) in [6.07, 6.45) is 8.33. The van der Waals surface area contributed by atoms with Gasteiger partial charge in [0.15, 0.2) is 0 Å². The summed E-state index contributed by atoms with van der Waals surface area (Å²) in [6, 6.07) is 0.372. The Balaban J connectivity index is 2.20. The van der Waals surface area contributed by atoms with Gasteiger partial charge < -0.3 is 5.73 Å². The quantitative estimate of drug-likeness (QED) is 0.751. The van der Waals surface area contributed by atoms with Crippen molar-refractivity contribution in [3.63, 3.8) is 0 Å². The molecule has 0 aromatic rings. The van der Waals surface area contributed by atoms with E-state index in [1.807, 2.05) is 0 Å². The van der Waals surface area contributed by atoms with Crippen molar-refractivity contribution in [3.05, 3.63) is 0 Å². The van der Waals surface area contributed by atoms with Gasteiger partial charge in [-0.2, -0.15) is 0 Å². The Bertz CT molecular complexity index is 172. The maximum absolute atomic E-state index is 6.20. The Labute approximate surface area is 95.8 Å². The van der Waals surface area contributed by atoms with E-state index < -0.39 is 0 Å². The third-order valence-corrected chi connectivity index (χ3v) is 4.13. The van der Waals surface area contributed by atoms with Crippen LogP contribution in [0.25, 0.3) is 0 Å². The number of hydrogen-bond acceptors (Lipinski definition) is 1. The molecule has 15 heavy (non-hydrogen) atoms. The highest BCUT2D eigenvalue weighted by atomic mass is 14.7. The van der Waals surface area contributed by atoms with Gasteiger partial charge in [-0.15, -0.1) is 0 Å². The topological polar surface area (TPSA) is 26.0 Å². The number of rotatable bonds is 3. The third-order valence-electron chi connectivity index (χ3n) is 4.13. The Morgan fingerprint density at radius 3 is 2.13 bits per heavy atom. The van der Waals surface area contributed by atoms with Crippen LogP contribution in [0.15, 0.2) is 0 Å². The molecule has 1 unspecified atom stereocenters. The van der Waals surface area contributed by atoms with Gasteiger partial charge in [0.2, 0.25) is 0 Å². The molecule has 0 bridgehead atoms. The maximum atomic E-state index is 6.20. The summed E-state index contributed by atoms with van der Waals surface area (Å²) < 4.78 is 0. The van der Waals surface area contributed by atoms with Crippen LogP contribution in [0.1, 0.15) is 66.2 Å². The lowest BCUT2D eigenvalue weighted by Crippen LogP contribution is -2.35. The highest BCUT2D eigenvalue weighted by Crippen LogP contribution is 2.32. The summed E-state index contributed by atoms with van der Waals surface area (Å²) in [6.45, 7) is 9.14. The average Bonchev–Trinajstić information content (AvgIpc) is 2.15. The molecule has 90 valence electrons. The predicted molar refractivity (Wildman–Crippen MR) is 67.8 cm³/mol. The molecule has 1 aliphatic rings. The van der Waals surface area contributed by atoms with E-state index in [0.717, 1.165) is 11.8 Å². The lowest BCUT2D eigenvalue weighted by Gasteiger charge is -2.31. The van der Waals surface area contributed by atoms with Crippen LogP contribution in [0.4, 0.5) is 0 Å². The first-order valence-electron chi connectivity index (χ1n) is 6.65. The van der Waals surface area contributed by atoms with Gasteiger partial charge in [-0.3, -0.25) is 0 Å². The van der Waals surface area contributed by atoms with Gasteiger partial charge in [0.25, 0.3) is 0 Å². The van der Waals surface area contributed by atoms with Gasteiger partial charge in [-0.25, -0.2) is 0 Å². The van der Waals surface area contributed by atoms with Crippen molar-refractivity contribution in [3.8, 4) is 0 Å². The van der Waals surface area contributed by atoms with Gasteiger partial charge in [0.1, 0.15) is 0 Å². The standard InChI is InChI=1S/C14H29N/c1-11-5-7-12(8-6-11)9-10-13(15)14(2,3)4/h11-13H,5-10,15H2,1-4H3. The van der Waals surface area contributed by atoms with Crippen molar-refractivity contribution in [1.29, 1.82) is 0 Å². The highest BCUT2D eigenvalue weighted by Gasteiger charge is 2.23. The molecule has 1 aliphatic carbocycles. The smallest absolute Gasteiger partial charge is 0.00877 e. The molecular formula is C14H29N. The number of hydrogen-bond donors (Lipinski definition) is 1. The van der Waals surface area contributed by atoms with E-state index >= 15 is 0 Å². The van der Waals surface area contributed by atoms with Crippen LogP contribution >= 0.6 is 0 Å². The van der Waals surface area contributed by atoms with E-state index in [9.17, 15) is 0 Å². The Hall–Kier alpha value is -0.0400. The van der Waals surface area contributed by atoms with Crippen LogP contribution in [-0.2, 0) is 0 Å². The van der Waals surface area contributed by atoms with Crippen LogP contribution < -0.4 is 5.73 Å². The van der Waals surface area contributed by atoms with Crippen molar-refractivity contribution in [2.24, 2.45) is 23.0 Å². The van der Waals surface area contributed by atoms with E-state index in [1.54, 1.807) is 0 Å². The SMILES string of the molecule is CC1CCC(CCC(N)C(C)(C)C)CC1. The largest absolute Gasteiger partial charge is 0.327 e. The Morgan fingerprint density at radius 2 is 1.67 bits per heavy atom. The van der Waals surface area contributed by atoms with Crippen LogP contribution in [0.3, 0.4) is 0 Å². The molecule has 0 radical (unpaired) electrons. The normalized spacial score (nSPS) is 30.2. The van der Waals surface area contributed by atoms with Crippen molar-refractivity contribution in [1.82, 2.24) is 0 Å². The molecule has 0 aliphatic heterocycles. The highest BCUT2D eigenvalue weighted by molar-refractivity contribution is 4.79. The van der Waals surface area contributed by atoms with Gasteiger partial charge in [-0.05, 0) is 30.1 Å². The minimum atomic E-state index is 0.280. The summed E-state index contributed by atoms with van der Waals surface area (Å²) in [5.74, 6) is 1.94. The molecule has 0 amide bonds. The van der Waals surface area contributed by atoms with Gasteiger partial charge >= 0.3 is 0 Å². The molecule has 1 fully saturated rings. The first kappa shape index (κ1) is 13.0. The van der Waals surface area contributed by atoms with Crippen molar-refractivity contribution < 1.29 is 0 Å². The first-order valence-corrected chi connectivity index (χ1v) is 6.65. The van der Waals surface area contributed by atoms with Crippen LogP contribution in [0.2, 0.25) is 0 Å². The van der Waals surface area contributed by atoms with Gasteiger partial charge in [-0.1, -0.05) is 53.4 Å². The summed E-state index contributed by atoms with van der Waals surface area (Å²) >= 11 is 0. The molecule has 1 saturated carbocycles. The van der Waals surface area contributed by atoms with Crippen molar-refractivity contribution >= 4 is 0 Å². The fourth-order valence-corrected chi connectivity index (χ4v) is 2.47. The van der Waals surface area contributed by atoms with Gasteiger partial charge in [0, 0.05) is 6.04 Å². The van der Waals surface area contributed by atoms with Crippen molar-refractivity contribution in [2.45, 2.75) is 72.3 Å². The van der Waals surface area contributed by atoms with E-state index in [0.29, 0.717) is 6.04 Å². The van der Waals surface area contributed by atoms with Crippen LogP contribution in [0, 0.1) is 17.3 Å². The van der Waals surface area contributed by atoms with E-state index in [-0.39, 0.29) is 5.41 Å². The fraction of sp³-hybridized carbons (Fsp3) is 1.00. The molecule has 1 atom stereocenters. The molecule has 0 spiro atoms. The van der Waals surface area contributed by atoms with Crippen LogP contribution in [0.5, 0.6) is 0 Å². The average molecular weight is 211 g/mol. The van der Waals surface area contributed by atoms with Crippen molar-refractivity contribution in [2.75, 3.05) is 0 Å². The minimum absolute atomic E-state index is 0.280. The van der Waals surface area contributed by atoms with E-state index in [2.05, 4.69) is 27.7 Å². The molecule has 0 aromatic carbocycles. The molecule has 2 N–H and O–H groups in total. The monoisotopic (exact) mass is 211 g/mol. The summed E-state index contributed by atoms with van der Waals surface area (Å²) in [5.41, 5.74) is 6.47. The molecule has 0 heterocycles. The molecular weight excluding hydrogens is 182 g/mol. The van der Waals surface area contributed by atoms with Gasteiger partial charge in [0.05, 0.1) is 0 Å². The molecule has 0 aromatic heterocycles. The molecule has 1 nitrogen and oxygen atoms in total. The lowest BCUT2D eigenvalue weighted by molar-refractivity contribution is 0.239. The van der Waals surface area contributed by atoms with E-state index in [1.165, 1.54) is 38.5 Å². The molecule has 1 rings (SSSR count). The zero-order chi connectivity index (χ0) is 11.5. The minimum Gasteiger partial charge on any atom is -0.327 e. The second-order valence-electron chi connectivity index (χ2n) is 6.68. The summed E-state index contributed by atoms with van der Waals surface area (Å²) in [7, 11) is 0. The Morgan fingerprint density at radius 1 is 1.13 bits per heavy atom.